The predicted molar refractivity (Wildman–Crippen MR) is 48.9 cm³/mol. The van der Waals surface area contributed by atoms with Gasteiger partial charge in [-0.1, -0.05) is 6.07 Å². The van der Waals surface area contributed by atoms with Gasteiger partial charge in [-0.3, -0.25) is 4.98 Å². The van der Waals surface area contributed by atoms with E-state index in [1.165, 1.54) is 0 Å². The SMILES string of the molecule is C[n+]1ccn(Cc2ccccn2)c1.[I-]. The zero-order chi connectivity index (χ0) is 9.10. The van der Waals surface area contributed by atoms with Crippen LogP contribution < -0.4 is 28.5 Å². The predicted octanol–water partition coefficient (Wildman–Crippen LogP) is -2.24. The van der Waals surface area contributed by atoms with Crippen molar-refractivity contribution >= 4 is 0 Å². The molecule has 2 aromatic rings. The smallest absolute Gasteiger partial charge is 0.243 e. The second-order valence-corrected chi connectivity index (χ2v) is 3.07. The van der Waals surface area contributed by atoms with Gasteiger partial charge in [-0.2, -0.15) is 0 Å². The lowest BCUT2D eigenvalue weighted by Gasteiger charge is -1.94. The molecule has 0 aliphatic rings. The number of nitrogens with zero attached hydrogens (tertiary/aromatic N) is 3. The van der Waals surface area contributed by atoms with Crippen molar-refractivity contribution in [3.05, 3.63) is 48.8 Å². The molecule has 0 bridgehead atoms. The van der Waals surface area contributed by atoms with Crippen molar-refractivity contribution in [3.8, 4) is 0 Å². The Hall–Kier alpha value is -0.910. The first-order valence-electron chi connectivity index (χ1n) is 4.25. The Balaban J connectivity index is 0.000000980. The fourth-order valence-corrected chi connectivity index (χ4v) is 1.27. The van der Waals surface area contributed by atoms with E-state index < -0.39 is 0 Å². The van der Waals surface area contributed by atoms with Crippen LogP contribution in [-0.2, 0) is 13.6 Å². The first-order chi connectivity index (χ1) is 6.34. The maximum atomic E-state index is 4.25. The van der Waals surface area contributed by atoms with Crippen LogP contribution >= 0.6 is 0 Å². The summed E-state index contributed by atoms with van der Waals surface area (Å²) in [6.07, 6.45) is 7.91. The molecule has 0 aliphatic carbocycles. The van der Waals surface area contributed by atoms with Gasteiger partial charge in [-0.15, -0.1) is 0 Å². The summed E-state index contributed by atoms with van der Waals surface area (Å²) in [6.45, 7) is 0.835. The highest BCUT2D eigenvalue weighted by Gasteiger charge is 2.00. The third-order valence-corrected chi connectivity index (χ3v) is 1.89. The van der Waals surface area contributed by atoms with E-state index in [-0.39, 0.29) is 24.0 Å². The highest BCUT2D eigenvalue weighted by atomic mass is 127. The Morgan fingerprint density at radius 2 is 2.29 bits per heavy atom. The monoisotopic (exact) mass is 301 g/mol. The summed E-state index contributed by atoms with van der Waals surface area (Å²) in [4.78, 5) is 4.25. The molecule has 2 heterocycles. The largest absolute Gasteiger partial charge is 1.00 e. The van der Waals surface area contributed by atoms with Gasteiger partial charge in [-0.25, -0.2) is 9.13 Å². The summed E-state index contributed by atoms with van der Waals surface area (Å²) < 4.78 is 4.12. The van der Waals surface area contributed by atoms with E-state index in [9.17, 15) is 0 Å². The molecule has 0 unspecified atom stereocenters. The summed E-state index contributed by atoms with van der Waals surface area (Å²) in [5.74, 6) is 0. The Morgan fingerprint density at radius 1 is 1.43 bits per heavy atom. The van der Waals surface area contributed by atoms with Crippen LogP contribution in [0.4, 0.5) is 0 Å². The highest BCUT2D eigenvalue weighted by Crippen LogP contribution is 1.96. The van der Waals surface area contributed by atoms with Crippen molar-refractivity contribution in [2.45, 2.75) is 6.54 Å². The van der Waals surface area contributed by atoms with Crippen molar-refractivity contribution in [1.82, 2.24) is 9.55 Å². The number of imidazole rings is 1. The molecule has 0 atom stereocenters. The topological polar surface area (TPSA) is 21.7 Å². The number of hydrogen-bond donors (Lipinski definition) is 0. The Labute approximate surface area is 100 Å². The van der Waals surface area contributed by atoms with Crippen molar-refractivity contribution in [3.63, 3.8) is 0 Å². The Bertz CT molecular complexity index is 383. The molecule has 0 aliphatic heterocycles. The number of pyridine rings is 1. The molecule has 0 N–H and O–H groups in total. The molecule has 0 radical (unpaired) electrons. The van der Waals surface area contributed by atoms with Crippen molar-refractivity contribution in [2.75, 3.05) is 0 Å². The minimum Gasteiger partial charge on any atom is -1.00 e. The quantitative estimate of drug-likeness (QED) is 0.454. The van der Waals surface area contributed by atoms with Crippen LogP contribution in [0.2, 0.25) is 0 Å². The van der Waals surface area contributed by atoms with E-state index in [4.69, 9.17) is 0 Å². The summed E-state index contributed by atoms with van der Waals surface area (Å²) in [5, 5.41) is 0. The standard InChI is InChI=1S/C10H12N3.HI/c1-12-6-7-13(9-12)8-10-4-2-3-5-11-10;/h2-7,9H,8H2,1H3;1H/q+1;/p-1. The number of aromatic nitrogens is 3. The molecule has 2 rings (SSSR count). The van der Waals surface area contributed by atoms with E-state index in [0.29, 0.717) is 0 Å². The van der Waals surface area contributed by atoms with Gasteiger partial charge in [0.1, 0.15) is 18.9 Å². The van der Waals surface area contributed by atoms with Crippen LogP contribution in [0.3, 0.4) is 0 Å². The molecule has 0 spiro atoms. The van der Waals surface area contributed by atoms with E-state index in [1.807, 2.05) is 54.7 Å². The van der Waals surface area contributed by atoms with E-state index >= 15 is 0 Å². The molecule has 3 nitrogen and oxygen atoms in total. The van der Waals surface area contributed by atoms with Gasteiger partial charge in [0.15, 0.2) is 0 Å². The lowest BCUT2D eigenvalue weighted by molar-refractivity contribution is -0.671. The van der Waals surface area contributed by atoms with Crippen LogP contribution in [0.15, 0.2) is 43.1 Å². The summed E-state index contributed by atoms with van der Waals surface area (Å²) in [6, 6.07) is 5.96. The number of halogens is 1. The second-order valence-electron chi connectivity index (χ2n) is 3.07. The van der Waals surface area contributed by atoms with Crippen LogP contribution in [0, 0.1) is 0 Å². The zero-order valence-electron chi connectivity index (χ0n) is 7.97. The van der Waals surface area contributed by atoms with E-state index in [2.05, 4.69) is 9.55 Å². The normalized spacial score (nSPS) is 9.50. The van der Waals surface area contributed by atoms with Gasteiger partial charge in [0.2, 0.25) is 6.33 Å². The van der Waals surface area contributed by atoms with Crippen molar-refractivity contribution < 1.29 is 28.5 Å². The Morgan fingerprint density at radius 3 is 2.86 bits per heavy atom. The fraction of sp³-hybridized carbons (Fsp3) is 0.200. The summed E-state index contributed by atoms with van der Waals surface area (Å²) in [5.41, 5.74) is 1.08. The molecule has 4 heteroatoms. The fourth-order valence-electron chi connectivity index (χ4n) is 1.27. The molecule has 0 saturated heterocycles. The van der Waals surface area contributed by atoms with Gasteiger partial charge in [0.05, 0.1) is 12.7 Å². The van der Waals surface area contributed by atoms with Crippen LogP contribution in [0.1, 0.15) is 5.69 Å². The average Bonchev–Trinajstić information content (AvgIpc) is 2.53. The molecular formula is C10H12IN3. The second kappa shape index (κ2) is 5.09. The molecule has 74 valence electrons. The van der Waals surface area contributed by atoms with Crippen LogP contribution in [-0.4, -0.2) is 9.55 Å². The molecule has 0 fully saturated rings. The van der Waals surface area contributed by atoms with Gasteiger partial charge in [0.25, 0.3) is 0 Å². The average molecular weight is 301 g/mol. The van der Waals surface area contributed by atoms with Crippen LogP contribution in [0.5, 0.6) is 0 Å². The molecule has 2 aromatic heterocycles. The van der Waals surface area contributed by atoms with Crippen molar-refractivity contribution in [2.24, 2.45) is 7.05 Å². The zero-order valence-corrected chi connectivity index (χ0v) is 10.1. The maximum Gasteiger partial charge on any atom is 0.243 e. The number of aryl methyl sites for hydroxylation is 1. The summed E-state index contributed by atoms with van der Waals surface area (Å²) >= 11 is 0. The van der Waals surface area contributed by atoms with Gasteiger partial charge >= 0.3 is 0 Å². The first-order valence-corrected chi connectivity index (χ1v) is 4.25. The lowest BCUT2D eigenvalue weighted by atomic mass is 10.3. The van der Waals surface area contributed by atoms with E-state index in [0.717, 1.165) is 12.2 Å². The summed E-state index contributed by atoms with van der Waals surface area (Å²) in [7, 11) is 2.01. The number of rotatable bonds is 2. The highest BCUT2D eigenvalue weighted by molar-refractivity contribution is 5.03. The van der Waals surface area contributed by atoms with E-state index in [1.54, 1.807) is 0 Å². The third-order valence-electron chi connectivity index (χ3n) is 1.89. The minimum atomic E-state index is 0. The molecule has 0 amide bonds. The first kappa shape index (κ1) is 11.2. The van der Waals surface area contributed by atoms with Crippen molar-refractivity contribution in [1.29, 1.82) is 0 Å². The molecule has 0 aromatic carbocycles. The molecular weight excluding hydrogens is 289 g/mol. The van der Waals surface area contributed by atoms with Crippen LogP contribution in [0.25, 0.3) is 0 Å². The third kappa shape index (κ3) is 2.80. The lowest BCUT2D eigenvalue weighted by Crippen LogP contribution is -3.00. The molecule has 0 saturated carbocycles. The Kier molecular flexibility index (Phi) is 4.06. The van der Waals surface area contributed by atoms with Gasteiger partial charge in [-0.05, 0) is 12.1 Å². The minimum absolute atomic E-state index is 0. The number of hydrogen-bond acceptors (Lipinski definition) is 1. The van der Waals surface area contributed by atoms with Gasteiger partial charge in [0, 0.05) is 6.20 Å². The van der Waals surface area contributed by atoms with Gasteiger partial charge < -0.3 is 24.0 Å². The maximum absolute atomic E-state index is 4.25. The molecule has 14 heavy (non-hydrogen) atoms.